The summed E-state index contributed by atoms with van der Waals surface area (Å²) in [5, 5.41) is 2.88. The molecular formula is C13H10FNS. The molecule has 0 aliphatic rings. The average molecular weight is 231 g/mol. The monoisotopic (exact) mass is 231 g/mol. The van der Waals surface area contributed by atoms with Gasteiger partial charge >= 0.3 is 0 Å². The van der Waals surface area contributed by atoms with Crippen molar-refractivity contribution in [2.75, 3.05) is 0 Å². The average Bonchev–Trinajstić information content (AvgIpc) is 2.60. The lowest BCUT2D eigenvalue weighted by atomic mass is 10.1. The summed E-state index contributed by atoms with van der Waals surface area (Å²) in [6.07, 6.45) is 0. The van der Waals surface area contributed by atoms with Gasteiger partial charge in [-0.2, -0.15) is 0 Å². The van der Waals surface area contributed by atoms with Crippen molar-refractivity contribution in [3.05, 3.63) is 51.2 Å². The van der Waals surface area contributed by atoms with Crippen LogP contribution in [0.15, 0.2) is 23.6 Å². The second-order valence-electron chi connectivity index (χ2n) is 3.52. The number of rotatable bonds is 0. The van der Waals surface area contributed by atoms with E-state index in [1.54, 1.807) is 11.3 Å². The van der Waals surface area contributed by atoms with Crippen molar-refractivity contribution in [3.8, 4) is 11.8 Å². The standard InChI is InChI=1S/C13H10FNS/c1-9-5-11(7-12(14)6-9)3-4-13-8-16-10(2)15-13/h5-8H,1-2H3. The Kier molecular flexibility index (Phi) is 3.02. The van der Waals surface area contributed by atoms with Gasteiger partial charge in [0.25, 0.3) is 0 Å². The Balaban J connectivity index is 2.30. The molecule has 0 radical (unpaired) electrons. The third-order valence-electron chi connectivity index (χ3n) is 2.00. The van der Waals surface area contributed by atoms with Crippen LogP contribution in [0.4, 0.5) is 4.39 Å². The van der Waals surface area contributed by atoms with Crippen molar-refractivity contribution in [2.45, 2.75) is 13.8 Å². The Bertz CT molecular complexity index is 555. The normalized spacial score (nSPS) is 9.69. The van der Waals surface area contributed by atoms with Gasteiger partial charge < -0.3 is 0 Å². The van der Waals surface area contributed by atoms with Crippen LogP contribution in [0.25, 0.3) is 0 Å². The van der Waals surface area contributed by atoms with Crippen molar-refractivity contribution >= 4 is 11.3 Å². The molecule has 3 heteroatoms. The fourth-order valence-electron chi connectivity index (χ4n) is 1.37. The molecule has 0 amide bonds. The van der Waals surface area contributed by atoms with Crippen LogP contribution in [-0.2, 0) is 0 Å². The maximum atomic E-state index is 13.1. The molecule has 0 fully saturated rings. The summed E-state index contributed by atoms with van der Waals surface area (Å²) in [6.45, 7) is 3.78. The van der Waals surface area contributed by atoms with E-state index in [-0.39, 0.29) is 5.82 Å². The van der Waals surface area contributed by atoms with E-state index in [1.807, 2.05) is 25.3 Å². The van der Waals surface area contributed by atoms with Gasteiger partial charge in [0, 0.05) is 10.9 Å². The number of nitrogens with zero attached hydrogens (tertiary/aromatic N) is 1. The van der Waals surface area contributed by atoms with E-state index < -0.39 is 0 Å². The molecule has 0 aliphatic heterocycles. The zero-order valence-electron chi connectivity index (χ0n) is 9.04. The van der Waals surface area contributed by atoms with Crippen molar-refractivity contribution in [3.63, 3.8) is 0 Å². The van der Waals surface area contributed by atoms with Crippen molar-refractivity contribution in [2.24, 2.45) is 0 Å². The molecule has 1 nitrogen and oxygen atoms in total. The second-order valence-corrected chi connectivity index (χ2v) is 4.58. The quantitative estimate of drug-likeness (QED) is 0.634. The Morgan fingerprint density at radius 3 is 2.62 bits per heavy atom. The molecule has 1 heterocycles. The molecule has 0 unspecified atom stereocenters. The van der Waals surface area contributed by atoms with Crippen LogP contribution in [0.5, 0.6) is 0 Å². The molecule has 1 aromatic heterocycles. The number of hydrogen-bond acceptors (Lipinski definition) is 2. The zero-order valence-corrected chi connectivity index (χ0v) is 9.86. The highest BCUT2D eigenvalue weighted by molar-refractivity contribution is 7.09. The minimum Gasteiger partial charge on any atom is -0.233 e. The van der Waals surface area contributed by atoms with E-state index >= 15 is 0 Å². The smallest absolute Gasteiger partial charge is 0.124 e. The molecule has 1 aromatic carbocycles. The molecule has 0 bridgehead atoms. The summed E-state index contributed by atoms with van der Waals surface area (Å²) < 4.78 is 13.1. The Morgan fingerprint density at radius 1 is 1.19 bits per heavy atom. The fraction of sp³-hybridized carbons (Fsp3) is 0.154. The van der Waals surface area contributed by atoms with E-state index in [1.165, 1.54) is 12.1 Å². The first-order valence-electron chi connectivity index (χ1n) is 4.85. The highest BCUT2D eigenvalue weighted by Gasteiger charge is 1.96. The molecule has 0 saturated heterocycles. The van der Waals surface area contributed by atoms with Crippen LogP contribution in [0.1, 0.15) is 21.8 Å². The Hall–Kier alpha value is -1.66. The summed E-state index contributed by atoms with van der Waals surface area (Å²) in [4.78, 5) is 4.22. The molecule has 2 aromatic rings. The van der Waals surface area contributed by atoms with Crippen LogP contribution < -0.4 is 0 Å². The molecular weight excluding hydrogens is 221 g/mol. The van der Waals surface area contributed by atoms with Gasteiger partial charge in [-0.3, -0.25) is 0 Å². The van der Waals surface area contributed by atoms with Crippen LogP contribution in [0.3, 0.4) is 0 Å². The molecule has 0 atom stereocenters. The minimum atomic E-state index is -0.251. The zero-order chi connectivity index (χ0) is 11.5. The molecule has 0 aliphatic carbocycles. The second kappa shape index (κ2) is 4.46. The topological polar surface area (TPSA) is 12.9 Å². The number of halogens is 1. The summed E-state index contributed by atoms with van der Waals surface area (Å²) in [5.41, 5.74) is 2.30. The van der Waals surface area contributed by atoms with Crippen molar-refractivity contribution in [1.82, 2.24) is 4.98 Å². The summed E-state index contributed by atoms with van der Waals surface area (Å²) in [6, 6.07) is 4.77. The minimum absolute atomic E-state index is 0.251. The summed E-state index contributed by atoms with van der Waals surface area (Å²) in [5.74, 6) is 5.58. The van der Waals surface area contributed by atoms with Crippen LogP contribution in [0, 0.1) is 31.5 Å². The first-order valence-corrected chi connectivity index (χ1v) is 5.73. The van der Waals surface area contributed by atoms with Gasteiger partial charge in [0.15, 0.2) is 0 Å². The largest absolute Gasteiger partial charge is 0.233 e. The van der Waals surface area contributed by atoms with Gasteiger partial charge in [-0.15, -0.1) is 11.3 Å². The predicted molar refractivity (Wildman–Crippen MR) is 64.0 cm³/mol. The van der Waals surface area contributed by atoms with Gasteiger partial charge in [-0.1, -0.05) is 5.92 Å². The van der Waals surface area contributed by atoms with E-state index in [4.69, 9.17) is 0 Å². The molecule has 80 valence electrons. The highest BCUT2D eigenvalue weighted by atomic mass is 32.1. The van der Waals surface area contributed by atoms with E-state index in [2.05, 4.69) is 16.8 Å². The summed E-state index contributed by atoms with van der Waals surface area (Å²) in [7, 11) is 0. The SMILES string of the molecule is Cc1cc(F)cc(C#Cc2csc(C)n2)c1. The van der Waals surface area contributed by atoms with Crippen LogP contribution >= 0.6 is 11.3 Å². The molecule has 2 rings (SSSR count). The first kappa shape index (κ1) is 10.8. The molecule has 0 saturated carbocycles. The third-order valence-corrected chi connectivity index (χ3v) is 2.77. The van der Waals surface area contributed by atoms with E-state index in [0.717, 1.165) is 16.3 Å². The number of thiazole rings is 1. The maximum Gasteiger partial charge on any atom is 0.124 e. The Morgan fingerprint density at radius 2 is 2.00 bits per heavy atom. The lowest BCUT2D eigenvalue weighted by Gasteiger charge is -1.94. The molecule has 0 spiro atoms. The fourth-order valence-corrected chi connectivity index (χ4v) is 1.91. The van der Waals surface area contributed by atoms with Gasteiger partial charge in [0.05, 0.1) is 5.01 Å². The lowest BCUT2D eigenvalue weighted by Crippen LogP contribution is -1.82. The predicted octanol–water partition coefficient (Wildman–Crippen LogP) is 3.30. The third kappa shape index (κ3) is 2.68. The number of aryl methyl sites for hydroxylation is 2. The molecule has 0 N–H and O–H groups in total. The summed E-state index contributed by atoms with van der Waals surface area (Å²) >= 11 is 1.56. The molecule has 16 heavy (non-hydrogen) atoms. The van der Waals surface area contributed by atoms with E-state index in [0.29, 0.717) is 5.56 Å². The lowest BCUT2D eigenvalue weighted by molar-refractivity contribution is 0.626. The first-order chi connectivity index (χ1) is 7.63. The number of benzene rings is 1. The van der Waals surface area contributed by atoms with Crippen LogP contribution in [0.2, 0.25) is 0 Å². The Labute approximate surface area is 98.0 Å². The van der Waals surface area contributed by atoms with Gasteiger partial charge in [0.1, 0.15) is 11.5 Å². The van der Waals surface area contributed by atoms with Gasteiger partial charge in [-0.05, 0) is 43.5 Å². The maximum absolute atomic E-state index is 13.1. The van der Waals surface area contributed by atoms with E-state index in [9.17, 15) is 4.39 Å². The number of aromatic nitrogens is 1. The van der Waals surface area contributed by atoms with Gasteiger partial charge in [0.2, 0.25) is 0 Å². The van der Waals surface area contributed by atoms with Crippen molar-refractivity contribution < 1.29 is 4.39 Å². The van der Waals surface area contributed by atoms with Crippen LogP contribution in [-0.4, -0.2) is 4.98 Å². The highest BCUT2D eigenvalue weighted by Crippen LogP contribution is 2.09. The van der Waals surface area contributed by atoms with Gasteiger partial charge in [-0.25, -0.2) is 9.37 Å². The van der Waals surface area contributed by atoms with Crippen molar-refractivity contribution in [1.29, 1.82) is 0 Å². The number of hydrogen-bond donors (Lipinski definition) is 0.